The minimum atomic E-state index is -0.761. The van der Waals surface area contributed by atoms with Crippen molar-refractivity contribution in [2.75, 3.05) is 6.54 Å². The van der Waals surface area contributed by atoms with Gasteiger partial charge in [0.1, 0.15) is 12.3 Å². The van der Waals surface area contributed by atoms with Crippen LogP contribution in [0, 0.1) is 22.0 Å². The average molecular weight is 590 g/mol. The lowest BCUT2D eigenvalue weighted by Crippen LogP contribution is -2.52. The van der Waals surface area contributed by atoms with Crippen LogP contribution in [0.25, 0.3) is 0 Å². The molecule has 0 radical (unpaired) electrons. The molecule has 1 aliphatic carbocycles. The van der Waals surface area contributed by atoms with Gasteiger partial charge >= 0.3 is 5.97 Å². The molecule has 12 heteroatoms. The number of hydrazine groups is 1. The molecule has 0 bridgehead atoms. The van der Waals surface area contributed by atoms with Crippen LogP contribution < -0.4 is 4.74 Å². The van der Waals surface area contributed by atoms with Crippen LogP contribution >= 0.6 is 11.6 Å². The SMILES string of the molecule is O=C(CN(C(=O)c1ccccc1Cl)N1C(=O)[C@H]2CCCC[C@@H]2C1=O)c1ccc(OC(=O)c2ccc([N+](=O)[O-])cc2)cc1. The van der Waals surface area contributed by atoms with Gasteiger partial charge in [-0.1, -0.05) is 36.6 Å². The zero-order valence-electron chi connectivity index (χ0n) is 22.1. The van der Waals surface area contributed by atoms with Gasteiger partial charge in [-0.05, 0) is 61.4 Å². The first-order valence-electron chi connectivity index (χ1n) is 13.2. The standard InChI is InChI=1S/C30H24ClN3O8/c31-25-8-4-3-7-24(25)27(36)32(33-28(37)22-5-1-2-6-23(22)29(33)38)17-26(35)18-11-15-21(16-12-18)42-30(39)19-9-13-20(14-10-19)34(40)41/h3-4,7-16,22-23H,1-2,5-6,17H2/t22-,23-/m0/s1. The Balaban J connectivity index is 1.35. The number of ketones is 1. The third-order valence-corrected chi connectivity index (χ3v) is 7.72. The Kier molecular flexibility index (Phi) is 8.12. The second kappa shape index (κ2) is 11.9. The quantitative estimate of drug-likeness (QED) is 0.0902. The van der Waals surface area contributed by atoms with Crippen LogP contribution in [0.2, 0.25) is 5.02 Å². The molecule has 0 aromatic heterocycles. The van der Waals surface area contributed by atoms with E-state index in [0.717, 1.165) is 22.9 Å². The number of hydrogen-bond acceptors (Lipinski definition) is 8. The first-order valence-corrected chi connectivity index (χ1v) is 13.6. The van der Waals surface area contributed by atoms with E-state index >= 15 is 0 Å². The molecule has 2 fully saturated rings. The van der Waals surface area contributed by atoms with Crippen molar-refractivity contribution in [1.29, 1.82) is 0 Å². The fraction of sp³-hybridized carbons (Fsp3) is 0.233. The maximum Gasteiger partial charge on any atom is 0.343 e. The first kappa shape index (κ1) is 28.6. The molecule has 0 spiro atoms. The van der Waals surface area contributed by atoms with Crippen LogP contribution in [-0.2, 0) is 9.59 Å². The van der Waals surface area contributed by atoms with Crippen molar-refractivity contribution in [3.05, 3.63) is 105 Å². The summed E-state index contributed by atoms with van der Waals surface area (Å²) in [4.78, 5) is 76.3. The van der Waals surface area contributed by atoms with E-state index in [9.17, 15) is 34.1 Å². The second-order valence-corrected chi connectivity index (χ2v) is 10.4. The number of hydrogen-bond donors (Lipinski definition) is 0. The zero-order chi connectivity index (χ0) is 30.0. The minimum Gasteiger partial charge on any atom is -0.423 e. The van der Waals surface area contributed by atoms with Crippen molar-refractivity contribution in [2.45, 2.75) is 25.7 Å². The summed E-state index contributed by atoms with van der Waals surface area (Å²) in [7, 11) is 0. The third-order valence-electron chi connectivity index (χ3n) is 7.39. The molecular formula is C30H24ClN3O8. The Labute approximate surface area is 244 Å². The highest BCUT2D eigenvalue weighted by molar-refractivity contribution is 6.34. The number of carbonyl (C=O) groups excluding carboxylic acids is 5. The number of benzene rings is 3. The van der Waals surface area contributed by atoms with Crippen molar-refractivity contribution in [2.24, 2.45) is 11.8 Å². The van der Waals surface area contributed by atoms with Crippen LogP contribution in [0.5, 0.6) is 5.75 Å². The Morgan fingerprint density at radius 2 is 1.45 bits per heavy atom. The zero-order valence-corrected chi connectivity index (χ0v) is 22.9. The van der Waals surface area contributed by atoms with E-state index in [0.29, 0.717) is 12.8 Å². The van der Waals surface area contributed by atoms with Gasteiger partial charge in [0, 0.05) is 17.7 Å². The molecule has 2 aliphatic rings. The Morgan fingerprint density at radius 1 is 0.881 bits per heavy atom. The topological polar surface area (TPSA) is 144 Å². The predicted octanol–water partition coefficient (Wildman–Crippen LogP) is 4.88. The smallest absolute Gasteiger partial charge is 0.343 e. The van der Waals surface area contributed by atoms with Crippen LogP contribution in [0.15, 0.2) is 72.8 Å². The maximum absolute atomic E-state index is 13.6. The van der Waals surface area contributed by atoms with E-state index in [1.807, 2.05) is 0 Å². The lowest BCUT2D eigenvalue weighted by atomic mass is 9.81. The van der Waals surface area contributed by atoms with Gasteiger partial charge in [0.25, 0.3) is 23.4 Å². The van der Waals surface area contributed by atoms with Gasteiger partial charge in [0.2, 0.25) is 0 Å². The van der Waals surface area contributed by atoms with Crippen molar-refractivity contribution in [3.8, 4) is 5.75 Å². The fourth-order valence-electron chi connectivity index (χ4n) is 5.21. The lowest BCUT2D eigenvalue weighted by Gasteiger charge is -2.30. The molecule has 3 aromatic rings. The number of halogens is 1. The summed E-state index contributed by atoms with van der Waals surface area (Å²) in [6.45, 7) is -0.608. The summed E-state index contributed by atoms with van der Waals surface area (Å²) in [6, 6.07) is 16.6. The number of rotatable bonds is 8. The van der Waals surface area contributed by atoms with Gasteiger partial charge in [0.15, 0.2) is 5.78 Å². The Bertz CT molecular complexity index is 1560. The van der Waals surface area contributed by atoms with Gasteiger partial charge in [-0.2, -0.15) is 5.01 Å². The molecule has 42 heavy (non-hydrogen) atoms. The molecular weight excluding hydrogens is 566 g/mol. The molecule has 1 aliphatic heterocycles. The molecule has 1 saturated carbocycles. The van der Waals surface area contributed by atoms with E-state index in [-0.39, 0.29) is 33.1 Å². The van der Waals surface area contributed by atoms with Crippen molar-refractivity contribution >= 4 is 46.8 Å². The summed E-state index contributed by atoms with van der Waals surface area (Å²) in [6.07, 6.45) is 2.67. The summed E-state index contributed by atoms with van der Waals surface area (Å²) < 4.78 is 5.29. The molecule has 214 valence electrons. The predicted molar refractivity (Wildman–Crippen MR) is 149 cm³/mol. The molecule has 5 rings (SSSR count). The number of ether oxygens (including phenoxy) is 1. The number of non-ortho nitro benzene ring substituents is 1. The van der Waals surface area contributed by atoms with Crippen LogP contribution in [0.1, 0.15) is 56.8 Å². The first-order chi connectivity index (χ1) is 20.2. The van der Waals surface area contributed by atoms with Crippen LogP contribution in [0.3, 0.4) is 0 Å². The number of amides is 3. The number of fused-ring (bicyclic) bond motifs is 1. The van der Waals surface area contributed by atoms with Gasteiger partial charge < -0.3 is 4.74 Å². The molecule has 1 saturated heterocycles. The summed E-state index contributed by atoms with van der Waals surface area (Å²) >= 11 is 6.25. The molecule has 2 atom stereocenters. The summed E-state index contributed by atoms with van der Waals surface area (Å²) in [5.41, 5.74) is 0.0945. The normalized spacial score (nSPS) is 17.9. The van der Waals surface area contributed by atoms with Crippen molar-refractivity contribution in [3.63, 3.8) is 0 Å². The third kappa shape index (κ3) is 5.64. The minimum absolute atomic E-state index is 0.0379. The molecule has 1 heterocycles. The molecule has 3 aromatic carbocycles. The number of nitrogens with zero attached hydrogens (tertiary/aromatic N) is 3. The van der Waals surface area contributed by atoms with Crippen LogP contribution in [0.4, 0.5) is 5.69 Å². The lowest BCUT2D eigenvalue weighted by molar-refractivity contribution is -0.384. The number of Topliss-reactive ketones (excluding diaryl/α,β-unsaturated/α-hetero) is 1. The van der Waals surface area contributed by atoms with Crippen molar-refractivity contribution in [1.82, 2.24) is 10.0 Å². The number of nitro benzene ring substituents is 1. The number of nitro groups is 1. The molecule has 3 amide bonds. The van der Waals surface area contributed by atoms with E-state index in [1.54, 1.807) is 12.1 Å². The number of carbonyl (C=O) groups is 5. The largest absolute Gasteiger partial charge is 0.423 e. The summed E-state index contributed by atoms with van der Waals surface area (Å²) in [5.74, 6) is -4.07. The second-order valence-electron chi connectivity index (χ2n) is 9.97. The van der Waals surface area contributed by atoms with E-state index < -0.39 is 52.8 Å². The highest BCUT2D eigenvalue weighted by Crippen LogP contribution is 2.39. The maximum atomic E-state index is 13.6. The highest BCUT2D eigenvalue weighted by Gasteiger charge is 2.52. The van der Waals surface area contributed by atoms with Gasteiger partial charge in [-0.25, -0.2) is 9.80 Å². The molecule has 0 unspecified atom stereocenters. The van der Waals surface area contributed by atoms with E-state index in [2.05, 4.69) is 0 Å². The highest BCUT2D eigenvalue weighted by atomic mass is 35.5. The molecule has 11 nitrogen and oxygen atoms in total. The van der Waals surface area contributed by atoms with Crippen molar-refractivity contribution < 1.29 is 33.6 Å². The average Bonchev–Trinajstić information content (AvgIpc) is 3.25. The van der Waals surface area contributed by atoms with E-state index in [4.69, 9.17) is 16.3 Å². The van der Waals surface area contributed by atoms with Crippen LogP contribution in [-0.4, -0.2) is 51.0 Å². The molecule has 0 N–H and O–H groups in total. The van der Waals surface area contributed by atoms with Gasteiger partial charge in [-0.3, -0.25) is 29.3 Å². The van der Waals surface area contributed by atoms with E-state index in [1.165, 1.54) is 60.7 Å². The number of esters is 1. The summed E-state index contributed by atoms with van der Waals surface area (Å²) in [5, 5.41) is 12.6. The Morgan fingerprint density at radius 3 is 2.02 bits per heavy atom. The Hall–Kier alpha value is -4.90. The number of imide groups is 1. The van der Waals surface area contributed by atoms with Gasteiger partial charge in [0.05, 0.1) is 32.9 Å². The monoisotopic (exact) mass is 589 g/mol. The van der Waals surface area contributed by atoms with Gasteiger partial charge in [-0.15, -0.1) is 0 Å². The fourth-order valence-corrected chi connectivity index (χ4v) is 5.43.